The topological polar surface area (TPSA) is 80.0 Å². The number of carbonyl (C=O) groups excluding carboxylic acids is 1. The highest BCUT2D eigenvalue weighted by Gasteiger charge is 2.32. The first-order valence-electron chi connectivity index (χ1n) is 12.9. The Balaban J connectivity index is 1.10. The van der Waals surface area contributed by atoms with E-state index in [4.69, 9.17) is 4.98 Å². The number of amides is 1. The van der Waals surface area contributed by atoms with Crippen LogP contribution in [0.25, 0.3) is 22.7 Å². The summed E-state index contributed by atoms with van der Waals surface area (Å²) < 4.78 is 2.25. The van der Waals surface area contributed by atoms with Gasteiger partial charge in [-0.3, -0.25) is 19.7 Å². The van der Waals surface area contributed by atoms with Crippen LogP contribution in [-0.4, -0.2) is 66.4 Å². The van der Waals surface area contributed by atoms with E-state index in [1.807, 2.05) is 55.0 Å². The summed E-state index contributed by atoms with van der Waals surface area (Å²) in [5, 5.41) is 0. The van der Waals surface area contributed by atoms with Crippen molar-refractivity contribution in [3.05, 3.63) is 72.8 Å². The summed E-state index contributed by atoms with van der Waals surface area (Å²) in [5.74, 6) is 1.31. The molecule has 8 heteroatoms. The third-order valence-electron chi connectivity index (χ3n) is 7.55. The fraction of sp³-hybridized carbons (Fsp3) is 0.393. The third kappa shape index (κ3) is 4.60. The van der Waals surface area contributed by atoms with E-state index in [2.05, 4.69) is 35.4 Å². The lowest BCUT2D eigenvalue weighted by Gasteiger charge is -2.37. The van der Waals surface area contributed by atoms with E-state index in [0.29, 0.717) is 5.91 Å². The lowest BCUT2D eigenvalue weighted by Crippen LogP contribution is -2.45. The van der Waals surface area contributed by atoms with Gasteiger partial charge in [-0.25, -0.2) is 9.97 Å². The Hall–Kier alpha value is -3.65. The first kappa shape index (κ1) is 22.8. The van der Waals surface area contributed by atoms with E-state index in [9.17, 15) is 4.79 Å². The molecule has 0 N–H and O–H groups in total. The normalized spacial score (nSPS) is 18.1. The molecular weight excluding hydrogens is 450 g/mol. The van der Waals surface area contributed by atoms with Crippen LogP contribution in [0.5, 0.6) is 0 Å². The summed E-state index contributed by atoms with van der Waals surface area (Å²) in [4.78, 5) is 36.2. The maximum Gasteiger partial charge on any atom is 0.225 e. The van der Waals surface area contributed by atoms with Crippen LogP contribution in [0.4, 0.5) is 0 Å². The Morgan fingerprint density at radius 1 is 0.861 bits per heavy atom. The molecule has 4 aromatic heterocycles. The molecule has 0 unspecified atom stereocenters. The number of nitrogens with zero attached hydrogens (tertiary/aromatic N) is 7. The third-order valence-corrected chi connectivity index (χ3v) is 7.55. The van der Waals surface area contributed by atoms with Crippen molar-refractivity contribution in [3.8, 4) is 11.5 Å². The van der Waals surface area contributed by atoms with Gasteiger partial charge in [-0.1, -0.05) is 12.1 Å². The van der Waals surface area contributed by atoms with Crippen molar-refractivity contribution in [2.24, 2.45) is 5.92 Å². The van der Waals surface area contributed by atoms with Crippen molar-refractivity contribution in [2.45, 2.75) is 38.3 Å². The molecule has 0 aliphatic carbocycles. The number of carbonyl (C=O) groups is 1. The highest BCUT2D eigenvalue weighted by atomic mass is 16.2. The Labute approximate surface area is 211 Å². The van der Waals surface area contributed by atoms with Crippen LogP contribution < -0.4 is 0 Å². The fourth-order valence-corrected chi connectivity index (χ4v) is 5.64. The summed E-state index contributed by atoms with van der Waals surface area (Å²) in [6, 6.07) is 14.2. The van der Waals surface area contributed by atoms with Crippen molar-refractivity contribution in [2.75, 3.05) is 26.2 Å². The van der Waals surface area contributed by atoms with Gasteiger partial charge in [0.2, 0.25) is 5.91 Å². The van der Waals surface area contributed by atoms with E-state index in [1.165, 1.54) is 5.56 Å². The molecule has 0 aromatic carbocycles. The average Bonchev–Trinajstić information content (AvgIpc) is 3.34. The maximum atomic E-state index is 13.4. The molecule has 4 aromatic rings. The maximum absolute atomic E-state index is 13.4. The minimum absolute atomic E-state index is 0.131. The van der Waals surface area contributed by atoms with Crippen LogP contribution in [0, 0.1) is 5.92 Å². The van der Waals surface area contributed by atoms with Gasteiger partial charge in [0.15, 0.2) is 11.5 Å². The summed E-state index contributed by atoms with van der Waals surface area (Å²) in [7, 11) is 0. The van der Waals surface area contributed by atoms with Gasteiger partial charge in [-0.05, 0) is 74.7 Å². The minimum Gasteiger partial charge on any atom is -0.342 e. The number of pyridine rings is 3. The van der Waals surface area contributed by atoms with Crippen LogP contribution in [-0.2, 0) is 11.3 Å². The highest BCUT2D eigenvalue weighted by Crippen LogP contribution is 2.33. The Kier molecular flexibility index (Phi) is 6.42. The lowest BCUT2D eigenvalue weighted by atomic mass is 9.93. The molecule has 0 bridgehead atoms. The Morgan fingerprint density at radius 3 is 2.42 bits per heavy atom. The molecule has 6 heterocycles. The zero-order chi connectivity index (χ0) is 24.3. The molecule has 8 nitrogen and oxygen atoms in total. The van der Waals surface area contributed by atoms with Gasteiger partial charge in [0.05, 0.1) is 0 Å². The summed E-state index contributed by atoms with van der Waals surface area (Å²) >= 11 is 0. The molecule has 0 spiro atoms. The second kappa shape index (κ2) is 10.1. The minimum atomic E-state index is 0.131. The van der Waals surface area contributed by atoms with Gasteiger partial charge in [-0.15, -0.1) is 0 Å². The van der Waals surface area contributed by atoms with Gasteiger partial charge in [0.1, 0.15) is 11.2 Å². The quantitative estimate of drug-likeness (QED) is 0.429. The molecule has 6 rings (SSSR count). The number of fused-ring (bicyclic) bond motifs is 1. The van der Waals surface area contributed by atoms with Gasteiger partial charge in [0.25, 0.3) is 0 Å². The van der Waals surface area contributed by atoms with Gasteiger partial charge in [-0.2, -0.15) is 0 Å². The van der Waals surface area contributed by atoms with E-state index in [-0.39, 0.29) is 12.0 Å². The van der Waals surface area contributed by atoms with Crippen LogP contribution in [0.1, 0.15) is 37.3 Å². The average molecular weight is 482 g/mol. The molecule has 184 valence electrons. The van der Waals surface area contributed by atoms with E-state index in [0.717, 1.165) is 81.1 Å². The van der Waals surface area contributed by atoms with E-state index in [1.54, 1.807) is 6.20 Å². The largest absolute Gasteiger partial charge is 0.342 e. The van der Waals surface area contributed by atoms with Crippen molar-refractivity contribution in [3.63, 3.8) is 0 Å². The number of aromatic nitrogens is 5. The zero-order valence-electron chi connectivity index (χ0n) is 20.4. The number of rotatable bonds is 5. The van der Waals surface area contributed by atoms with E-state index < -0.39 is 0 Å². The van der Waals surface area contributed by atoms with Crippen LogP contribution in [0.3, 0.4) is 0 Å². The predicted octanol–water partition coefficient (Wildman–Crippen LogP) is 3.96. The van der Waals surface area contributed by atoms with Gasteiger partial charge >= 0.3 is 0 Å². The summed E-state index contributed by atoms with van der Waals surface area (Å²) in [6.45, 7) is 4.37. The van der Waals surface area contributed by atoms with E-state index >= 15 is 0 Å². The molecule has 1 amide bonds. The monoisotopic (exact) mass is 481 g/mol. The van der Waals surface area contributed by atoms with Crippen LogP contribution in [0.15, 0.2) is 67.3 Å². The molecule has 0 atom stereocenters. The highest BCUT2D eigenvalue weighted by molar-refractivity contribution is 5.79. The molecule has 0 saturated carbocycles. The first-order chi connectivity index (χ1) is 17.8. The van der Waals surface area contributed by atoms with Crippen molar-refractivity contribution in [1.29, 1.82) is 0 Å². The molecule has 2 aliphatic heterocycles. The van der Waals surface area contributed by atoms with Crippen molar-refractivity contribution >= 4 is 17.1 Å². The van der Waals surface area contributed by atoms with Crippen LogP contribution >= 0.6 is 0 Å². The van der Waals surface area contributed by atoms with Gasteiger partial charge in [0, 0.05) is 56.4 Å². The molecule has 2 aliphatic rings. The standard InChI is InChI=1S/C28H31N7O/c36-28(22-8-15-33(16-9-22)20-21-5-3-12-29-19-21)34-17-10-23(11-18-34)35-26-25(7-4-14-31-26)32-27(35)24-6-1-2-13-30-24/h1-7,12-14,19,22-23H,8-11,15-18,20H2. The van der Waals surface area contributed by atoms with Gasteiger partial charge < -0.3 is 9.47 Å². The number of hydrogen-bond acceptors (Lipinski definition) is 6. The van der Waals surface area contributed by atoms with Crippen molar-refractivity contribution < 1.29 is 4.79 Å². The second-order valence-corrected chi connectivity index (χ2v) is 9.83. The lowest BCUT2D eigenvalue weighted by molar-refractivity contribution is -0.138. The number of piperidine rings is 2. The summed E-state index contributed by atoms with van der Waals surface area (Å²) in [5.41, 5.74) is 3.86. The predicted molar refractivity (Wildman–Crippen MR) is 138 cm³/mol. The number of likely N-dealkylation sites (tertiary alicyclic amines) is 2. The smallest absolute Gasteiger partial charge is 0.225 e. The molecule has 2 saturated heterocycles. The Bertz CT molecular complexity index is 1310. The zero-order valence-corrected chi connectivity index (χ0v) is 20.4. The second-order valence-electron chi connectivity index (χ2n) is 9.83. The Morgan fingerprint density at radius 2 is 1.67 bits per heavy atom. The fourth-order valence-electron chi connectivity index (χ4n) is 5.64. The number of hydrogen-bond donors (Lipinski definition) is 0. The molecular formula is C28H31N7O. The SMILES string of the molecule is O=C(C1CCN(Cc2cccnc2)CC1)N1CCC(n2c(-c3ccccn3)nc3cccnc32)CC1. The van der Waals surface area contributed by atoms with Crippen LogP contribution in [0.2, 0.25) is 0 Å². The molecule has 0 radical (unpaired) electrons. The first-order valence-corrected chi connectivity index (χ1v) is 12.9. The van der Waals surface area contributed by atoms with Crippen molar-refractivity contribution in [1.82, 2.24) is 34.3 Å². The number of imidazole rings is 1. The molecule has 2 fully saturated rings. The molecule has 36 heavy (non-hydrogen) atoms. The summed E-state index contributed by atoms with van der Waals surface area (Å²) in [6.07, 6.45) is 11.0.